The molecular formula is C18H24FN3O2. The van der Waals surface area contributed by atoms with Crippen molar-refractivity contribution in [3.63, 3.8) is 0 Å². The Morgan fingerprint density at radius 2 is 2.21 bits per heavy atom. The second-order valence-corrected chi connectivity index (χ2v) is 6.45. The van der Waals surface area contributed by atoms with Gasteiger partial charge in [0, 0.05) is 24.4 Å². The maximum absolute atomic E-state index is 14.3. The first-order valence-electron chi connectivity index (χ1n) is 8.51. The number of rotatable bonds is 5. The highest BCUT2D eigenvalue weighted by Gasteiger charge is 2.28. The number of fused-ring (bicyclic) bond motifs is 1. The lowest BCUT2D eigenvalue weighted by atomic mass is 9.95. The van der Waals surface area contributed by atoms with E-state index in [9.17, 15) is 9.18 Å². The summed E-state index contributed by atoms with van der Waals surface area (Å²) in [5.74, 6) is -0.324. The Kier molecular flexibility index (Phi) is 5.14. The van der Waals surface area contributed by atoms with Crippen LogP contribution < -0.4 is 0 Å². The van der Waals surface area contributed by atoms with Gasteiger partial charge in [0.25, 0.3) is 0 Å². The molecule has 1 aromatic heterocycles. The third-order valence-corrected chi connectivity index (χ3v) is 4.64. The molecule has 1 aromatic carbocycles. The number of piperidine rings is 1. The van der Waals surface area contributed by atoms with Crippen molar-refractivity contribution in [2.24, 2.45) is 5.92 Å². The van der Waals surface area contributed by atoms with E-state index in [1.165, 1.54) is 0 Å². The van der Waals surface area contributed by atoms with Crippen molar-refractivity contribution in [3.05, 3.63) is 30.0 Å². The molecule has 3 rings (SSSR count). The number of para-hydroxylation sites is 1. The lowest BCUT2D eigenvalue weighted by Gasteiger charge is -2.32. The molecule has 0 amide bonds. The summed E-state index contributed by atoms with van der Waals surface area (Å²) < 4.78 is 21.2. The number of hydrogen-bond donors (Lipinski definition) is 0. The molecule has 0 aliphatic carbocycles. The second kappa shape index (κ2) is 7.30. The summed E-state index contributed by atoms with van der Waals surface area (Å²) in [4.78, 5) is 13.8. The van der Waals surface area contributed by atoms with Gasteiger partial charge >= 0.3 is 5.97 Å². The summed E-state index contributed by atoms with van der Waals surface area (Å²) in [5, 5.41) is 5.53. The van der Waals surface area contributed by atoms with E-state index >= 15 is 0 Å². The first-order chi connectivity index (χ1) is 11.6. The third kappa shape index (κ3) is 3.59. The number of benzene rings is 1. The molecule has 0 spiro atoms. The first-order valence-corrected chi connectivity index (χ1v) is 8.51. The Bertz CT molecular complexity index is 715. The maximum atomic E-state index is 14.3. The Hall–Kier alpha value is -1.95. The fourth-order valence-corrected chi connectivity index (χ4v) is 3.35. The van der Waals surface area contributed by atoms with Crippen molar-refractivity contribution in [3.8, 4) is 0 Å². The predicted molar refractivity (Wildman–Crippen MR) is 90.6 cm³/mol. The van der Waals surface area contributed by atoms with Gasteiger partial charge < -0.3 is 9.64 Å². The summed E-state index contributed by atoms with van der Waals surface area (Å²) in [6.07, 6.45) is 0.118. The summed E-state index contributed by atoms with van der Waals surface area (Å²) in [5.41, 5.74) is 1.65. The average Bonchev–Trinajstić information content (AvgIpc) is 2.88. The molecule has 1 fully saturated rings. The smallest absolute Gasteiger partial charge is 0.311 e. The van der Waals surface area contributed by atoms with Crippen LogP contribution >= 0.6 is 0 Å². The number of aromatic nitrogens is 2. The molecule has 2 aromatic rings. The normalized spacial score (nSPS) is 22.0. The molecule has 0 unspecified atom stereocenters. The zero-order chi connectivity index (χ0) is 17.1. The standard InChI is InChI=1S/C18H24FN3O2/c1-3-24-18(23)10-16-14-6-4-5-7-17(14)22(20-16)11-13-8-9-21(2)12-15(13)19/h4-7,13,15H,3,8-12H2,1-2H3/t13-,15-/m0/s1. The Balaban J connectivity index is 1.84. The van der Waals surface area contributed by atoms with Crippen LogP contribution in [-0.2, 0) is 22.5 Å². The molecule has 6 heteroatoms. The van der Waals surface area contributed by atoms with Crippen LogP contribution in [0.1, 0.15) is 19.0 Å². The van der Waals surface area contributed by atoms with Gasteiger partial charge in [0.05, 0.1) is 24.2 Å². The van der Waals surface area contributed by atoms with Gasteiger partial charge in [0.1, 0.15) is 6.17 Å². The van der Waals surface area contributed by atoms with Gasteiger partial charge in [-0.25, -0.2) is 4.39 Å². The monoisotopic (exact) mass is 333 g/mol. The molecule has 2 heterocycles. The highest BCUT2D eigenvalue weighted by Crippen LogP contribution is 2.25. The fraction of sp³-hybridized carbons (Fsp3) is 0.556. The largest absolute Gasteiger partial charge is 0.466 e. The van der Waals surface area contributed by atoms with Gasteiger partial charge in [-0.3, -0.25) is 9.48 Å². The van der Waals surface area contributed by atoms with Gasteiger partial charge in [-0.2, -0.15) is 5.10 Å². The zero-order valence-electron chi connectivity index (χ0n) is 14.2. The van der Waals surface area contributed by atoms with Crippen LogP contribution in [0.3, 0.4) is 0 Å². The molecule has 130 valence electrons. The fourth-order valence-electron chi connectivity index (χ4n) is 3.35. The number of esters is 1. The van der Waals surface area contributed by atoms with Crippen LogP contribution in [0.5, 0.6) is 0 Å². The molecule has 1 aliphatic rings. The lowest BCUT2D eigenvalue weighted by molar-refractivity contribution is -0.142. The average molecular weight is 333 g/mol. The van der Waals surface area contributed by atoms with Crippen molar-refractivity contribution in [2.75, 3.05) is 26.7 Å². The molecule has 24 heavy (non-hydrogen) atoms. The summed E-state index contributed by atoms with van der Waals surface area (Å²) in [6, 6.07) is 7.79. The second-order valence-electron chi connectivity index (χ2n) is 6.45. The maximum Gasteiger partial charge on any atom is 0.311 e. The molecule has 0 radical (unpaired) electrons. The Morgan fingerprint density at radius 1 is 1.42 bits per heavy atom. The van der Waals surface area contributed by atoms with Crippen LogP contribution in [0.15, 0.2) is 24.3 Å². The van der Waals surface area contributed by atoms with Crippen LogP contribution in [0, 0.1) is 5.92 Å². The Morgan fingerprint density at radius 3 is 2.96 bits per heavy atom. The van der Waals surface area contributed by atoms with E-state index < -0.39 is 6.17 Å². The van der Waals surface area contributed by atoms with E-state index in [0.29, 0.717) is 25.4 Å². The topological polar surface area (TPSA) is 47.4 Å². The number of halogens is 1. The molecule has 1 saturated heterocycles. The van der Waals surface area contributed by atoms with Gasteiger partial charge in [0.15, 0.2) is 0 Å². The molecule has 0 N–H and O–H groups in total. The number of hydrogen-bond acceptors (Lipinski definition) is 4. The van der Waals surface area contributed by atoms with Gasteiger partial charge in [-0.05, 0) is 33.0 Å². The number of nitrogens with zero attached hydrogens (tertiary/aromatic N) is 3. The van der Waals surface area contributed by atoms with E-state index in [1.54, 1.807) is 6.92 Å². The van der Waals surface area contributed by atoms with E-state index in [-0.39, 0.29) is 18.3 Å². The zero-order valence-corrected chi connectivity index (χ0v) is 14.2. The van der Waals surface area contributed by atoms with Crippen LogP contribution in [-0.4, -0.2) is 53.6 Å². The van der Waals surface area contributed by atoms with Crippen LogP contribution in [0.2, 0.25) is 0 Å². The molecule has 2 atom stereocenters. The predicted octanol–water partition coefficient (Wildman–Crippen LogP) is 2.43. The van der Waals surface area contributed by atoms with Gasteiger partial charge in [-0.15, -0.1) is 0 Å². The van der Waals surface area contributed by atoms with Crippen molar-refractivity contribution in [1.29, 1.82) is 0 Å². The number of likely N-dealkylation sites (tertiary alicyclic amines) is 1. The lowest BCUT2D eigenvalue weighted by Crippen LogP contribution is -2.41. The molecule has 5 nitrogen and oxygen atoms in total. The molecule has 1 aliphatic heterocycles. The minimum absolute atomic E-state index is 0.0417. The van der Waals surface area contributed by atoms with Gasteiger partial charge in [-0.1, -0.05) is 18.2 Å². The van der Waals surface area contributed by atoms with E-state index in [2.05, 4.69) is 5.10 Å². The highest BCUT2D eigenvalue weighted by atomic mass is 19.1. The van der Waals surface area contributed by atoms with Crippen molar-refractivity contribution in [1.82, 2.24) is 14.7 Å². The number of alkyl halides is 1. The quantitative estimate of drug-likeness (QED) is 0.789. The Labute approximate surface area is 141 Å². The van der Waals surface area contributed by atoms with Crippen molar-refractivity contribution in [2.45, 2.75) is 32.5 Å². The number of carbonyl (C=O) groups excluding carboxylic acids is 1. The summed E-state index contributed by atoms with van der Waals surface area (Å²) >= 11 is 0. The summed E-state index contributed by atoms with van der Waals surface area (Å²) in [7, 11) is 1.95. The molecular weight excluding hydrogens is 309 g/mol. The minimum atomic E-state index is -0.847. The number of carbonyl (C=O) groups is 1. The van der Waals surface area contributed by atoms with Gasteiger partial charge in [0.2, 0.25) is 0 Å². The first kappa shape index (κ1) is 16.9. The van der Waals surface area contributed by atoms with Crippen molar-refractivity contribution >= 4 is 16.9 Å². The molecule has 0 bridgehead atoms. The van der Waals surface area contributed by atoms with E-state index in [4.69, 9.17) is 4.74 Å². The summed E-state index contributed by atoms with van der Waals surface area (Å²) in [6.45, 7) is 4.06. The third-order valence-electron chi connectivity index (χ3n) is 4.64. The number of ether oxygens (including phenoxy) is 1. The van der Waals surface area contributed by atoms with E-state index in [0.717, 1.165) is 23.9 Å². The highest BCUT2D eigenvalue weighted by molar-refractivity contribution is 5.86. The minimum Gasteiger partial charge on any atom is -0.466 e. The van der Waals surface area contributed by atoms with Crippen LogP contribution in [0.25, 0.3) is 10.9 Å². The molecule has 0 saturated carbocycles. The van der Waals surface area contributed by atoms with Crippen molar-refractivity contribution < 1.29 is 13.9 Å². The SMILES string of the molecule is CCOC(=O)Cc1nn(C[C@@H]2CCN(C)C[C@@H]2F)c2ccccc12. The van der Waals surface area contributed by atoms with E-state index in [1.807, 2.05) is 40.9 Å². The van der Waals surface area contributed by atoms with Crippen LogP contribution in [0.4, 0.5) is 4.39 Å².